The van der Waals surface area contributed by atoms with Gasteiger partial charge in [0, 0.05) is 61.6 Å². The molecular weight excluding hydrogens is 325 g/mol. The molecule has 0 aliphatic heterocycles. The minimum Gasteiger partial charge on any atom is -0.329 e. The van der Waals surface area contributed by atoms with Gasteiger partial charge < -0.3 is 22.1 Å². The van der Waals surface area contributed by atoms with Gasteiger partial charge in [0.1, 0.15) is 0 Å². The van der Waals surface area contributed by atoms with Crippen molar-refractivity contribution in [3.05, 3.63) is 0 Å². The summed E-state index contributed by atoms with van der Waals surface area (Å²) in [5.41, 5.74) is 10.5. The van der Waals surface area contributed by atoms with Crippen LogP contribution in [-0.4, -0.2) is 39.3 Å². The first-order chi connectivity index (χ1) is 4.91. The van der Waals surface area contributed by atoms with Crippen molar-refractivity contribution < 1.29 is 22.4 Å². The van der Waals surface area contributed by atoms with Gasteiger partial charge >= 0.3 is 0 Å². The summed E-state index contributed by atoms with van der Waals surface area (Å²) >= 11 is 0. The van der Waals surface area contributed by atoms with E-state index in [0.29, 0.717) is 13.1 Å². The Morgan fingerprint density at radius 1 is 0.727 bits per heavy atom. The van der Waals surface area contributed by atoms with Crippen LogP contribution >= 0.6 is 0 Å². The maximum Gasteiger partial charge on any atom is 0.00772 e. The zero-order valence-corrected chi connectivity index (χ0v) is 8.87. The van der Waals surface area contributed by atoms with Crippen molar-refractivity contribution in [1.82, 2.24) is 10.6 Å². The van der Waals surface area contributed by atoms with Crippen molar-refractivity contribution in [2.24, 2.45) is 11.5 Å². The van der Waals surface area contributed by atoms with Crippen LogP contribution in [0.25, 0.3) is 0 Å². The van der Waals surface area contributed by atoms with Gasteiger partial charge in [-0.25, -0.2) is 0 Å². The summed E-state index contributed by atoms with van der Waals surface area (Å²) < 4.78 is 0. The Hall–Kier alpha value is 0.580. The summed E-state index contributed by atoms with van der Waals surface area (Å²) in [4.78, 5) is 0. The topological polar surface area (TPSA) is 76.1 Å². The predicted octanol–water partition coefficient (Wildman–Crippen LogP) is -1.92. The van der Waals surface area contributed by atoms with Crippen LogP contribution in [0.5, 0.6) is 0 Å². The molecule has 0 aliphatic carbocycles. The molecule has 0 heterocycles. The Labute approximate surface area is 84.0 Å². The Balaban J connectivity index is 0. The smallest absolute Gasteiger partial charge is 0.00772 e. The van der Waals surface area contributed by atoms with E-state index in [1.807, 2.05) is 0 Å². The van der Waals surface area contributed by atoms with Crippen molar-refractivity contribution >= 4 is 0 Å². The van der Waals surface area contributed by atoms with Crippen molar-refractivity contribution in [1.29, 1.82) is 0 Å². The zero-order chi connectivity index (χ0) is 7.66. The molecule has 0 aromatic rings. The molecule has 0 unspecified atom stereocenters. The van der Waals surface area contributed by atoms with Gasteiger partial charge in [-0.15, -0.1) is 0 Å². The first-order valence-electron chi connectivity index (χ1n) is 3.73. The van der Waals surface area contributed by atoms with Crippen LogP contribution in [0.3, 0.4) is 0 Å². The number of rotatable bonds is 7. The molecule has 0 atom stereocenters. The second-order valence-electron chi connectivity index (χ2n) is 2.08. The van der Waals surface area contributed by atoms with Gasteiger partial charge in [0.15, 0.2) is 0 Å². The summed E-state index contributed by atoms with van der Waals surface area (Å²) in [6, 6.07) is 0. The predicted molar refractivity (Wildman–Crippen MR) is 43.8 cm³/mol. The van der Waals surface area contributed by atoms with Crippen LogP contribution in [0.2, 0.25) is 0 Å². The van der Waals surface area contributed by atoms with E-state index in [2.05, 4.69) is 10.6 Å². The average molecular weight is 343 g/mol. The molecule has 0 amide bonds. The average Bonchev–Trinajstić information content (AvgIpc) is 1.97. The fourth-order valence-electron chi connectivity index (χ4n) is 0.631. The summed E-state index contributed by atoms with van der Waals surface area (Å²) in [6.07, 6.45) is 0. The third kappa shape index (κ3) is 13.6. The van der Waals surface area contributed by atoms with E-state index >= 15 is 0 Å². The quantitative estimate of drug-likeness (QED) is 0.321. The molecular formula is C6H18AuN4. The third-order valence-electron chi connectivity index (χ3n) is 1.12. The number of hydrogen-bond acceptors (Lipinski definition) is 4. The molecule has 0 aromatic carbocycles. The van der Waals surface area contributed by atoms with Crippen LogP contribution in [0.1, 0.15) is 0 Å². The second-order valence-corrected chi connectivity index (χ2v) is 2.08. The molecule has 5 heteroatoms. The van der Waals surface area contributed by atoms with Gasteiger partial charge in [-0.3, -0.25) is 0 Å². The molecule has 0 aliphatic rings. The Kier molecular flexibility index (Phi) is 16.9. The zero-order valence-electron chi connectivity index (χ0n) is 6.70. The number of nitrogens with two attached hydrogens (primary N) is 2. The SMILES string of the molecule is NCCNCCNCCN.[Au]. The van der Waals surface area contributed by atoms with Crippen molar-refractivity contribution in [2.45, 2.75) is 0 Å². The van der Waals surface area contributed by atoms with E-state index in [-0.39, 0.29) is 22.4 Å². The molecule has 0 saturated carbocycles. The van der Waals surface area contributed by atoms with E-state index in [0.717, 1.165) is 26.2 Å². The molecule has 6 N–H and O–H groups in total. The molecule has 11 heavy (non-hydrogen) atoms. The molecule has 0 rings (SSSR count). The molecule has 73 valence electrons. The van der Waals surface area contributed by atoms with E-state index in [1.165, 1.54) is 0 Å². The second kappa shape index (κ2) is 13.2. The molecule has 0 spiro atoms. The van der Waals surface area contributed by atoms with E-state index in [4.69, 9.17) is 11.5 Å². The first kappa shape index (κ1) is 14.1. The largest absolute Gasteiger partial charge is 0.329 e. The minimum atomic E-state index is 0. The van der Waals surface area contributed by atoms with Crippen molar-refractivity contribution in [3.63, 3.8) is 0 Å². The minimum absolute atomic E-state index is 0. The van der Waals surface area contributed by atoms with Crippen LogP contribution in [-0.2, 0) is 22.4 Å². The van der Waals surface area contributed by atoms with Crippen molar-refractivity contribution in [2.75, 3.05) is 39.3 Å². The van der Waals surface area contributed by atoms with Gasteiger partial charge in [0.25, 0.3) is 0 Å². The van der Waals surface area contributed by atoms with Crippen LogP contribution in [0.4, 0.5) is 0 Å². The van der Waals surface area contributed by atoms with Crippen LogP contribution < -0.4 is 22.1 Å². The van der Waals surface area contributed by atoms with E-state index in [1.54, 1.807) is 0 Å². The first-order valence-corrected chi connectivity index (χ1v) is 3.73. The van der Waals surface area contributed by atoms with Gasteiger partial charge in [-0.2, -0.15) is 0 Å². The van der Waals surface area contributed by atoms with Gasteiger partial charge in [0.05, 0.1) is 0 Å². The Bertz CT molecular complexity index is 54.5. The van der Waals surface area contributed by atoms with Gasteiger partial charge in [-0.05, 0) is 0 Å². The maximum absolute atomic E-state index is 5.27. The standard InChI is InChI=1S/C6H18N4.Au/c7-1-3-9-5-6-10-4-2-8;/h9-10H,1-8H2;. The fraction of sp³-hybridized carbons (Fsp3) is 1.00. The molecule has 0 saturated heterocycles. The van der Waals surface area contributed by atoms with E-state index in [9.17, 15) is 0 Å². The monoisotopic (exact) mass is 343 g/mol. The number of nitrogens with one attached hydrogen (secondary N) is 2. The fourth-order valence-corrected chi connectivity index (χ4v) is 0.631. The molecule has 0 fully saturated rings. The van der Waals surface area contributed by atoms with Crippen LogP contribution in [0.15, 0.2) is 0 Å². The maximum atomic E-state index is 5.27. The summed E-state index contributed by atoms with van der Waals surface area (Å²) in [5.74, 6) is 0. The molecule has 0 bridgehead atoms. The van der Waals surface area contributed by atoms with Crippen molar-refractivity contribution in [3.8, 4) is 0 Å². The van der Waals surface area contributed by atoms with Gasteiger partial charge in [-0.1, -0.05) is 0 Å². The molecule has 4 nitrogen and oxygen atoms in total. The third-order valence-corrected chi connectivity index (χ3v) is 1.12. The Morgan fingerprint density at radius 2 is 1.09 bits per heavy atom. The van der Waals surface area contributed by atoms with E-state index < -0.39 is 0 Å². The summed E-state index contributed by atoms with van der Waals surface area (Å²) in [7, 11) is 0. The number of hydrogen-bond donors (Lipinski definition) is 4. The molecule has 1 radical (unpaired) electrons. The van der Waals surface area contributed by atoms with Gasteiger partial charge in [0.2, 0.25) is 0 Å². The summed E-state index contributed by atoms with van der Waals surface area (Å²) in [6.45, 7) is 5.14. The Morgan fingerprint density at radius 3 is 1.36 bits per heavy atom. The molecule has 0 aromatic heterocycles. The van der Waals surface area contributed by atoms with Crippen LogP contribution in [0, 0.1) is 0 Å². The summed E-state index contributed by atoms with van der Waals surface area (Å²) in [5, 5.41) is 6.33. The normalized spacial score (nSPS) is 9.27.